The number of aliphatic hydroxyl groups is 1. The first kappa shape index (κ1) is 13.4. The SMILES string of the molecule is CN(C)C1CCN(c2nc3ccccn3c2CO)CC1. The minimum atomic E-state index is 0.0219. The van der Waals surface area contributed by atoms with Crippen molar-refractivity contribution in [2.75, 3.05) is 32.1 Å². The maximum absolute atomic E-state index is 9.68. The van der Waals surface area contributed by atoms with E-state index in [1.54, 1.807) is 0 Å². The zero-order chi connectivity index (χ0) is 14.1. The lowest BCUT2D eigenvalue weighted by molar-refractivity contribution is 0.248. The highest BCUT2D eigenvalue weighted by molar-refractivity contribution is 5.56. The van der Waals surface area contributed by atoms with Gasteiger partial charge in [-0.25, -0.2) is 4.98 Å². The van der Waals surface area contributed by atoms with Crippen LogP contribution in [0.3, 0.4) is 0 Å². The number of nitrogens with zero attached hydrogens (tertiary/aromatic N) is 4. The number of hydrogen-bond donors (Lipinski definition) is 1. The molecule has 1 aliphatic rings. The largest absolute Gasteiger partial charge is 0.390 e. The molecular weight excluding hydrogens is 252 g/mol. The molecule has 0 aromatic carbocycles. The maximum atomic E-state index is 9.68. The third kappa shape index (κ3) is 2.27. The molecule has 3 rings (SSSR count). The van der Waals surface area contributed by atoms with Crippen molar-refractivity contribution in [1.29, 1.82) is 0 Å². The Balaban J connectivity index is 1.87. The molecule has 0 atom stereocenters. The Morgan fingerprint density at radius 1 is 1.30 bits per heavy atom. The number of anilines is 1. The molecule has 3 heterocycles. The number of fused-ring (bicyclic) bond motifs is 1. The van der Waals surface area contributed by atoms with Crippen LogP contribution in [-0.2, 0) is 6.61 Å². The molecule has 0 unspecified atom stereocenters. The van der Waals surface area contributed by atoms with Gasteiger partial charge in [0.25, 0.3) is 0 Å². The van der Waals surface area contributed by atoms with Crippen LogP contribution in [0.15, 0.2) is 24.4 Å². The molecule has 108 valence electrons. The second-order valence-corrected chi connectivity index (χ2v) is 5.65. The number of piperidine rings is 1. The predicted molar refractivity (Wildman–Crippen MR) is 80.0 cm³/mol. The van der Waals surface area contributed by atoms with Crippen LogP contribution < -0.4 is 4.90 Å². The van der Waals surface area contributed by atoms with Crippen LogP contribution in [0.25, 0.3) is 5.65 Å². The van der Waals surface area contributed by atoms with Gasteiger partial charge in [-0.05, 0) is 39.1 Å². The van der Waals surface area contributed by atoms with E-state index < -0.39 is 0 Å². The van der Waals surface area contributed by atoms with E-state index >= 15 is 0 Å². The van der Waals surface area contributed by atoms with Crippen molar-refractivity contribution < 1.29 is 5.11 Å². The molecule has 0 spiro atoms. The van der Waals surface area contributed by atoms with Crippen molar-refractivity contribution in [3.05, 3.63) is 30.1 Å². The molecule has 2 aromatic heterocycles. The Morgan fingerprint density at radius 2 is 2.05 bits per heavy atom. The minimum Gasteiger partial charge on any atom is -0.390 e. The van der Waals surface area contributed by atoms with Crippen molar-refractivity contribution >= 4 is 11.5 Å². The van der Waals surface area contributed by atoms with Crippen LogP contribution in [0.1, 0.15) is 18.5 Å². The molecule has 1 N–H and O–H groups in total. The van der Waals surface area contributed by atoms with Crippen molar-refractivity contribution in [1.82, 2.24) is 14.3 Å². The van der Waals surface area contributed by atoms with Gasteiger partial charge in [0.1, 0.15) is 5.65 Å². The van der Waals surface area contributed by atoms with Gasteiger partial charge < -0.3 is 14.9 Å². The summed E-state index contributed by atoms with van der Waals surface area (Å²) in [5.74, 6) is 0.941. The lowest BCUT2D eigenvalue weighted by Crippen LogP contribution is -2.42. The van der Waals surface area contributed by atoms with E-state index in [-0.39, 0.29) is 6.61 Å². The van der Waals surface area contributed by atoms with E-state index in [4.69, 9.17) is 4.98 Å². The van der Waals surface area contributed by atoms with Crippen LogP contribution >= 0.6 is 0 Å². The molecule has 0 aliphatic carbocycles. The maximum Gasteiger partial charge on any atom is 0.153 e. The van der Waals surface area contributed by atoms with E-state index in [9.17, 15) is 5.11 Å². The molecule has 0 radical (unpaired) electrons. The Hall–Kier alpha value is -1.59. The van der Waals surface area contributed by atoms with E-state index in [2.05, 4.69) is 23.9 Å². The Kier molecular flexibility index (Phi) is 3.63. The molecule has 0 bridgehead atoms. The van der Waals surface area contributed by atoms with Crippen molar-refractivity contribution in [2.24, 2.45) is 0 Å². The fraction of sp³-hybridized carbons (Fsp3) is 0.533. The van der Waals surface area contributed by atoms with Crippen LogP contribution in [0.2, 0.25) is 0 Å². The standard InChI is InChI=1S/C15H22N4O/c1-17(2)12-6-9-18(10-7-12)15-13(11-20)19-8-4-3-5-14(19)16-15/h3-5,8,12,20H,6-7,9-11H2,1-2H3. The second kappa shape index (κ2) is 5.42. The summed E-state index contributed by atoms with van der Waals surface area (Å²) >= 11 is 0. The van der Waals surface area contributed by atoms with E-state index in [0.29, 0.717) is 6.04 Å². The first-order valence-corrected chi connectivity index (χ1v) is 7.19. The van der Waals surface area contributed by atoms with Gasteiger partial charge >= 0.3 is 0 Å². The molecule has 5 heteroatoms. The summed E-state index contributed by atoms with van der Waals surface area (Å²) in [5, 5.41) is 9.68. The van der Waals surface area contributed by atoms with Crippen LogP contribution in [0.4, 0.5) is 5.82 Å². The summed E-state index contributed by atoms with van der Waals surface area (Å²) < 4.78 is 1.98. The quantitative estimate of drug-likeness (QED) is 0.918. The molecule has 1 fully saturated rings. The molecule has 0 saturated carbocycles. The number of aliphatic hydroxyl groups excluding tert-OH is 1. The topological polar surface area (TPSA) is 44.0 Å². The van der Waals surface area contributed by atoms with Crippen LogP contribution in [-0.4, -0.2) is 52.6 Å². The fourth-order valence-corrected chi connectivity index (χ4v) is 3.03. The summed E-state index contributed by atoms with van der Waals surface area (Å²) in [5.41, 5.74) is 1.80. The molecule has 2 aromatic rings. The normalized spacial score (nSPS) is 17.3. The zero-order valence-corrected chi connectivity index (χ0v) is 12.2. The van der Waals surface area contributed by atoms with Gasteiger partial charge in [0.15, 0.2) is 5.82 Å². The number of aromatic nitrogens is 2. The molecule has 5 nitrogen and oxygen atoms in total. The van der Waals surface area contributed by atoms with Crippen molar-refractivity contribution in [3.63, 3.8) is 0 Å². The first-order valence-electron chi connectivity index (χ1n) is 7.19. The highest BCUT2D eigenvalue weighted by Gasteiger charge is 2.24. The second-order valence-electron chi connectivity index (χ2n) is 5.65. The lowest BCUT2D eigenvalue weighted by atomic mass is 10.0. The first-order chi connectivity index (χ1) is 9.70. The summed E-state index contributed by atoms with van der Waals surface area (Å²) in [7, 11) is 4.29. The van der Waals surface area contributed by atoms with Gasteiger partial charge in [0.05, 0.1) is 12.3 Å². The van der Waals surface area contributed by atoms with Gasteiger partial charge in [-0.2, -0.15) is 0 Å². The van der Waals surface area contributed by atoms with Crippen LogP contribution in [0, 0.1) is 0 Å². The highest BCUT2D eigenvalue weighted by Crippen LogP contribution is 2.25. The van der Waals surface area contributed by atoms with E-state index in [0.717, 1.165) is 43.1 Å². The molecule has 0 amide bonds. The number of hydrogen-bond acceptors (Lipinski definition) is 4. The molecule has 1 aliphatic heterocycles. The molecule has 20 heavy (non-hydrogen) atoms. The van der Waals surface area contributed by atoms with Gasteiger partial charge in [0, 0.05) is 25.3 Å². The van der Waals surface area contributed by atoms with Gasteiger partial charge in [-0.3, -0.25) is 4.40 Å². The minimum absolute atomic E-state index is 0.0219. The van der Waals surface area contributed by atoms with E-state index in [1.807, 2.05) is 28.8 Å². The number of imidazole rings is 1. The predicted octanol–water partition coefficient (Wildman–Crippen LogP) is 1.36. The third-order valence-corrected chi connectivity index (χ3v) is 4.25. The monoisotopic (exact) mass is 274 g/mol. The van der Waals surface area contributed by atoms with Crippen molar-refractivity contribution in [2.45, 2.75) is 25.5 Å². The summed E-state index contributed by atoms with van der Waals surface area (Å²) in [6, 6.07) is 6.58. The number of pyridine rings is 1. The Bertz CT molecular complexity index is 585. The molecular formula is C15H22N4O. The average molecular weight is 274 g/mol. The summed E-state index contributed by atoms with van der Waals surface area (Å²) in [6.45, 7) is 2.02. The number of rotatable bonds is 3. The van der Waals surface area contributed by atoms with Crippen LogP contribution in [0.5, 0.6) is 0 Å². The third-order valence-electron chi connectivity index (χ3n) is 4.25. The fourth-order valence-electron chi connectivity index (χ4n) is 3.03. The smallest absolute Gasteiger partial charge is 0.153 e. The summed E-state index contributed by atoms with van der Waals surface area (Å²) in [6.07, 6.45) is 4.25. The zero-order valence-electron chi connectivity index (χ0n) is 12.2. The Morgan fingerprint density at radius 3 is 2.70 bits per heavy atom. The average Bonchev–Trinajstić information content (AvgIpc) is 2.85. The lowest BCUT2D eigenvalue weighted by Gasteiger charge is -2.35. The van der Waals surface area contributed by atoms with Gasteiger partial charge in [-0.1, -0.05) is 6.07 Å². The molecule has 1 saturated heterocycles. The summed E-state index contributed by atoms with van der Waals surface area (Å²) in [4.78, 5) is 9.30. The van der Waals surface area contributed by atoms with E-state index in [1.165, 1.54) is 0 Å². The Labute approximate surface area is 119 Å². The van der Waals surface area contributed by atoms with Gasteiger partial charge in [0.2, 0.25) is 0 Å². The van der Waals surface area contributed by atoms with Gasteiger partial charge in [-0.15, -0.1) is 0 Å². The highest BCUT2D eigenvalue weighted by atomic mass is 16.3. The van der Waals surface area contributed by atoms with Crippen molar-refractivity contribution in [3.8, 4) is 0 Å².